The van der Waals surface area contributed by atoms with Crippen molar-refractivity contribution in [1.29, 1.82) is 0 Å². The van der Waals surface area contributed by atoms with E-state index in [0.29, 0.717) is 38.8 Å². The maximum absolute atomic E-state index is 13.3. The molecule has 0 bridgehead atoms. The third kappa shape index (κ3) is 7.21. The number of fused-ring (bicyclic) bond motifs is 1. The van der Waals surface area contributed by atoms with Gasteiger partial charge in [0.2, 0.25) is 5.91 Å². The van der Waals surface area contributed by atoms with E-state index >= 15 is 0 Å². The van der Waals surface area contributed by atoms with E-state index < -0.39 is 0 Å². The van der Waals surface area contributed by atoms with E-state index in [4.69, 9.17) is 4.74 Å². The number of carbonyl (C=O) groups excluding carboxylic acids is 2. The highest BCUT2D eigenvalue weighted by molar-refractivity contribution is 5.98. The largest absolute Gasteiger partial charge is 0.378 e. The second-order valence-electron chi connectivity index (χ2n) is 11.1. The summed E-state index contributed by atoms with van der Waals surface area (Å²) in [6.07, 6.45) is 4.84. The Morgan fingerprint density at radius 1 is 1.10 bits per heavy atom. The Bertz CT molecular complexity index is 1180. The first kappa shape index (κ1) is 31.1. The SMILES string of the molecule is CCCCC(C(=O)N1CCOCC1)N1CCC(CNC(=O)c2cc3c(C)cccc3n(C(C)C)c2=O)CC1.Cl. The topological polar surface area (TPSA) is 83.9 Å². The Hall–Kier alpha value is -2.42. The molecule has 1 N–H and O–H groups in total. The monoisotopic (exact) mass is 560 g/mol. The molecule has 2 aromatic rings. The molecule has 8 nitrogen and oxygen atoms in total. The zero-order chi connectivity index (χ0) is 27.2. The van der Waals surface area contributed by atoms with Crippen molar-refractivity contribution in [2.45, 2.75) is 71.9 Å². The molecule has 0 radical (unpaired) electrons. The fourth-order valence-corrected chi connectivity index (χ4v) is 5.84. The third-order valence-corrected chi connectivity index (χ3v) is 8.14. The number of aromatic nitrogens is 1. The van der Waals surface area contributed by atoms with E-state index in [2.05, 4.69) is 17.1 Å². The summed E-state index contributed by atoms with van der Waals surface area (Å²) in [5.41, 5.74) is 1.86. The van der Waals surface area contributed by atoms with Gasteiger partial charge in [-0.25, -0.2) is 0 Å². The van der Waals surface area contributed by atoms with Crippen LogP contribution in [0.4, 0.5) is 0 Å². The van der Waals surface area contributed by atoms with Gasteiger partial charge in [-0.1, -0.05) is 31.9 Å². The molecular formula is C30H45ClN4O4. The molecule has 2 aliphatic rings. The smallest absolute Gasteiger partial charge is 0.264 e. The van der Waals surface area contributed by atoms with Crippen LogP contribution in [0.3, 0.4) is 0 Å². The fraction of sp³-hybridized carbons (Fsp3) is 0.633. The summed E-state index contributed by atoms with van der Waals surface area (Å²) < 4.78 is 7.16. The molecule has 2 aliphatic heterocycles. The zero-order valence-electron chi connectivity index (χ0n) is 23.9. The van der Waals surface area contributed by atoms with Crippen LogP contribution in [0.2, 0.25) is 0 Å². The van der Waals surface area contributed by atoms with Gasteiger partial charge in [-0.2, -0.15) is 0 Å². The normalized spacial score (nSPS) is 17.7. The van der Waals surface area contributed by atoms with Crippen molar-refractivity contribution < 1.29 is 14.3 Å². The number of pyridine rings is 1. The number of aryl methyl sites for hydroxylation is 1. The summed E-state index contributed by atoms with van der Waals surface area (Å²) in [7, 11) is 0. The average molecular weight is 561 g/mol. The summed E-state index contributed by atoms with van der Waals surface area (Å²) in [5.74, 6) is 0.261. The summed E-state index contributed by atoms with van der Waals surface area (Å²) >= 11 is 0. The quantitative estimate of drug-likeness (QED) is 0.497. The predicted octanol–water partition coefficient (Wildman–Crippen LogP) is 4.17. The predicted molar refractivity (Wildman–Crippen MR) is 158 cm³/mol. The van der Waals surface area contributed by atoms with Crippen LogP contribution in [-0.4, -0.2) is 78.2 Å². The number of unbranched alkanes of at least 4 members (excludes halogenated alkanes) is 1. The van der Waals surface area contributed by atoms with Crippen molar-refractivity contribution in [2.24, 2.45) is 5.92 Å². The van der Waals surface area contributed by atoms with Gasteiger partial charge in [-0.05, 0) is 76.7 Å². The van der Waals surface area contributed by atoms with Crippen molar-refractivity contribution in [3.8, 4) is 0 Å². The molecule has 4 rings (SSSR count). The van der Waals surface area contributed by atoms with E-state index in [9.17, 15) is 14.4 Å². The molecule has 1 aromatic heterocycles. The number of halogens is 1. The summed E-state index contributed by atoms with van der Waals surface area (Å²) in [4.78, 5) is 44.1. The van der Waals surface area contributed by atoms with Gasteiger partial charge in [0.05, 0.1) is 24.8 Å². The minimum atomic E-state index is -0.305. The first-order valence-corrected chi connectivity index (χ1v) is 14.4. The van der Waals surface area contributed by atoms with E-state index in [1.54, 1.807) is 10.6 Å². The lowest BCUT2D eigenvalue weighted by atomic mass is 9.94. The lowest BCUT2D eigenvalue weighted by Crippen LogP contribution is -2.54. The lowest BCUT2D eigenvalue weighted by molar-refractivity contribution is -0.142. The van der Waals surface area contributed by atoms with Crippen LogP contribution in [0.5, 0.6) is 0 Å². The Morgan fingerprint density at radius 3 is 2.44 bits per heavy atom. The van der Waals surface area contributed by atoms with Crippen LogP contribution in [0.25, 0.3) is 10.9 Å². The number of nitrogens with one attached hydrogen (secondary N) is 1. The van der Waals surface area contributed by atoms with Gasteiger partial charge in [-0.15, -0.1) is 12.4 Å². The van der Waals surface area contributed by atoms with Crippen molar-refractivity contribution in [1.82, 2.24) is 19.7 Å². The van der Waals surface area contributed by atoms with E-state index in [1.165, 1.54) is 0 Å². The Balaban J connectivity index is 0.00000420. The van der Waals surface area contributed by atoms with Gasteiger partial charge in [0, 0.05) is 31.1 Å². The molecule has 39 heavy (non-hydrogen) atoms. The minimum absolute atomic E-state index is 0. The molecule has 3 heterocycles. The second-order valence-corrected chi connectivity index (χ2v) is 11.1. The van der Waals surface area contributed by atoms with Crippen molar-refractivity contribution in [3.05, 3.63) is 45.7 Å². The van der Waals surface area contributed by atoms with Crippen LogP contribution >= 0.6 is 12.4 Å². The Labute approximate surface area is 238 Å². The highest BCUT2D eigenvalue weighted by Crippen LogP contribution is 2.23. The van der Waals surface area contributed by atoms with Crippen molar-refractivity contribution in [2.75, 3.05) is 45.9 Å². The molecule has 1 atom stereocenters. The number of piperidine rings is 1. The highest BCUT2D eigenvalue weighted by atomic mass is 35.5. The number of nitrogens with zero attached hydrogens (tertiary/aromatic N) is 3. The molecule has 1 aromatic carbocycles. The molecule has 2 saturated heterocycles. The number of hydrogen-bond acceptors (Lipinski definition) is 5. The van der Waals surface area contributed by atoms with Gasteiger partial charge in [0.1, 0.15) is 5.56 Å². The zero-order valence-corrected chi connectivity index (χ0v) is 24.7. The first-order chi connectivity index (χ1) is 18.3. The van der Waals surface area contributed by atoms with Crippen molar-refractivity contribution in [3.63, 3.8) is 0 Å². The molecule has 2 fully saturated rings. The van der Waals surface area contributed by atoms with Gasteiger partial charge < -0.3 is 19.5 Å². The van der Waals surface area contributed by atoms with Crippen LogP contribution in [0.15, 0.2) is 29.1 Å². The number of benzene rings is 1. The third-order valence-electron chi connectivity index (χ3n) is 8.14. The maximum Gasteiger partial charge on any atom is 0.264 e. The summed E-state index contributed by atoms with van der Waals surface area (Å²) in [5, 5.41) is 3.99. The number of hydrogen-bond donors (Lipinski definition) is 1. The lowest BCUT2D eigenvalue weighted by Gasteiger charge is -2.39. The highest BCUT2D eigenvalue weighted by Gasteiger charge is 2.33. The Morgan fingerprint density at radius 2 is 1.79 bits per heavy atom. The van der Waals surface area contributed by atoms with Gasteiger partial charge in [-0.3, -0.25) is 19.3 Å². The second kappa shape index (κ2) is 14.3. The number of morpholine rings is 1. The Kier molecular flexibility index (Phi) is 11.4. The van der Waals surface area contributed by atoms with E-state index in [1.807, 2.05) is 43.9 Å². The number of likely N-dealkylation sites (tertiary alicyclic amines) is 1. The molecule has 9 heteroatoms. The van der Waals surface area contributed by atoms with Crippen LogP contribution in [0, 0.1) is 12.8 Å². The number of carbonyl (C=O) groups is 2. The van der Waals surface area contributed by atoms with Gasteiger partial charge >= 0.3 is 0 Å². The van der Waals surface area contributed by atoms with Crippen LogP contribution in [0.1, 0.15) is 74.8 Å². The molecule has 2 amide bonds. The van der Waals surface area contributed by atoms with Crippen LogP contribution < -0.4 is 10.9 Å². The first-order valence-electron chi connectivity index (χ1n) is 14.4. The van der Waals surface area contributed by atoms with Crippen LogP contribution in [-0.2, 0) is 9.53 Å². The van der Waals surface area contributed by atoms with Crippen molar-refractivity contribution >= 4 is 35.1 Å². The van der Waals surface area contributed by atoms with Gasteiger partial charge in [0.25, 0.3) is 11.5 Å². The molecule has 216 valence electrons. The summed E-state index contributed by atoms with van der Waals surface area (Å²) in [6.45, 7) is 12.9. The number of amides is 2. The minimum Gasteiger partial charge on any atom is -0.378 e. The number of rotatable bonds is 9. The number of ether oxygens (including phenoxy) is 1. The molecule has 0 saturated carbocycles. The molecule has 0 aliphatic carbocycles. The van der Waals surface area contributed by atoms with E-state index in [-0.39, 0.29) is 47.4 Å². The molecule has 0 spiro atoms. The standard InChI is InChI=1S/C30H44N4O4.ClH/c1-5-6-9-27(30(37)33-15-17-38-18-16-33)32-13-11-23(12-14-32)20-31-28(35)25-19-24-22(4)8-7-10-26(24)34(21(2)3)29(25)36;/h7-8,10,19,21,23,27H,5-6,9,11-18,20H2,1-4H3,(H,31,35);1H. The van der Waals surface area contributed by atoms with Gasteiger partial charge in [0.15, 0.2) is 0 Å². The van der Waals surface area contributed by atoms with E-state index in [0.717, 1.165) is 61.7 Å². The maximum atomic E-state index is 13.3. The fourth-order valence-electron chi connectivity index (χ4n) is 5.84. The molecular weight excluding hydrogens is 516 g/mol. The summed E-state index contributed by atoms with van der Waals surface area (Å²) in [6, 6.07) is 7.52. The molecule has 1 unspecified atom stereocenters. The average Bonchev–Trinajstić information content (AvgIpc) is 2.92.